The average Bonchev–Trinajstić information content (AvgIpc) is 2.08. The Kier molecular flexibility index (Phi) is 3.31. The Bertz CT molecular complexity index is 277. The smallest absolute Gasteiger partial charge is 0.119 e. The maximum absolute atomic E-state index is 10.2. The minimum Gasteiger partial charge on any atom is -0.550 e. The van der Waals surface area contributed by atoms with Gasteiger partial charge < -0.3 is 14.6 Å². The Morgan fingerprint density at radius 3 is 2.46 bits per heavy atom. The Labute approximate surface area is 77.0 Å². The van der Waals surface area contributed by atoms with Gasteiger partial charge in [-0.2, -0.15) is 0 Å². The zero-order valence-corrected chi connectivity index (χ0v) is 7.45. The van der Waals surface area contributed by atoms with Crippen LogP contribution in [0.2, 0.25) is 0 Å². The summed E-state index contributed by atoms with van der Waals surface area (Å²) in [5.41, 5.74) is 0.725. The minimum atomic E-state index is -1.07. The molecule has 0 radical (unpaired) electrons. The van der Waals surface area contributed by atoms with E-state index in [1.165, 1.54) is 0 Å². The van der Waals surface area contributed by atoms with E-state index in [9.17, 15) is 9.90 Å². The largest absolute Gasteiger partial charge is 0.550 e. The number of aliphatic carboxylic acids is 1. The van der Waals surface area contributed by atoms with Gasteiger partial charge in [0.25, 0.3) is 0 Å². The second-order valence-electron chi connectivity index (χ2n) is 2.63. The van der Waals surface area contributed by atoms with Gasteiger partial charge >= 0.3 is 0 Å². The van der Waals surface area contributed by atoms with Gasteiger partial charge in [-0.3, -0.25) is 0 Å². The number of rotatable bonds is 4. The molecule has 3 heteroatoms. The van der Waals surface area contributed by atoms with Crippen LogP contribution in [0.25, 0.3) is 0 Å². The van der Waals surface area contributed by atoms with Gasteiger partial charge in [0.2, 0.25) is 0 Å². The van der Waals surface area contributed by atoms with Crippen molar-refractivity contribution in [3.63, 3.8) is 0 Å². The summed E-state index contributed by atoms with van der Waals surface area (Å²) in [6.07, 6.45) is -0.0492. The lowest BCUT2D eigenvalue weighted by Crippen LogP contribution is -2.24. The third kappa shape index (κ3) is 3.15. The molecule has 1 aromatic rings. The molecule has 0 aliphatic heterocycles. The van der Waals surface area contributed by atoms with Crippen LogP contribution in [-0.2, 0) is 11.2 Å². The van der Waals surface area contributed by atoms with Gasteiger partial charge in [-0.05, 0) is 24.6 Å². The summed E-state index contributed by atoms with van der Waals surface area (Å²) in [4.78, 5) is 10.2. The van der Waals surface area contributed by atoms with E-state index in [1.807, 2.05) is 6.92 Å². The van der Waals surface area contributed by atoms with Crippen LogP contribution in [0.15, 0.2) is 24.3 Å². The highest BCUT2D eigenvalue weighted by Crippen LogP contribution is 2.11. The second-order valence-corrected chi connectivity index (χ2v) is 2.63. The van der Waals surface area contributed by atoms with E-state index in [1.54, 1.807) is 24.3 Å². The fraction of sp³-hybridized carbons (Fsp3) is 0.300. The van der Waals surface area contributed by atoms with Crippen LogP contribution in [0.4, 0.5) is 0 Å². The third-order valence-electron chi connectivity index (χ3n) is 1.58. The standard InChI is InChI=1S/C10H12O3/c1-2-13-9-5-3-8(4-6-9)7-10(11)12/h3-6H,2,7H2,1H3,(H,11,12)/p-1. The fourth-order valence-electron chi connectivity index (χ4n) is 1.04. The molecule has 3 nitrogen and oxygen atoms in total. The predicted molar refractivity (Wildman–Crippen MR) is 46.3 cm³/mol. The van der Waals surface area contributed by atoms with Gasteiger partial charge in [0.1, 0.15) is 5.75 Å². The van der Waals surface area contributed by atoms with Gasteiger partial charge in [0.15, 0.2) is 0 Å². The van der Waals surface area contributed by atoms with Crippen molar-refractivity contribution in [2.45, 2.75) is 13.3 Å². The maximum atomic E-state index is 10.2. The van der Waals surface area contributed by atoms with Crippen LogP contribution in [0.1, 0.15) is 12.5 Å². The molecule has 0 atom stereocenters. The molecule has 0 aliphatic rings. The molecule has 1 aromatic carbocycles. The van der Waals surface area contributed by atoms with Crippen LogP contribution in [0.5, 0.6) is 5.75 Å². The first-order chi connectivity index (χ1) is 6.22. The van der Waals surface area contributed by atoms with Crippen molar-refractivity contribution in [1.82, 2.24) is 0 Å². The fourth-order valence-corrected chi connectivity index (χ4v) is 1.04. The lowest BCUT2D eigenvalue weighted by molar-refractivity contribution is -0.304. The molecule has 0 spiro atoms. The van der Waals surface area contributed by atoms with Crippen molar-refractivity contribution in [2.24, 2.45) is 0 Å². The van der Waals surface area contributed by atoms with Crippen molar-refractivity contribution < 1.29 is 14.6 Å². The highest BCUT2D eigenvalue weighted by molar-refractivity contribution is 5.67. The molecular formula is C10H11O3-. The van der Waals surface area contributed by atoms with Gasteiger partial charge in [-0.1, -0.05) is 12.1 Å². The first kappa shape index (κ1) is 9.58. The maximum Gasteiger partial charge on any atom is 0.119 e. The second kappa shape index (κ2) is 4.50. The number of carbonyl (C=O) groups is 1. The van der Waals surface area contributed by atoms with Crippen molar-refractivity contribution in [1.29, 1.82) is 0 Å². The van der Waals surface area contributed by atoms with E-state index in [0.29, 0.717) is 6.61 Å². The number of benzene rings is 1. The van der Waals surface area contributed by atoms with Gasteiger partial charge in [0.05, 0.1) is 6.61 Å². The van der Waals surface area contributed by atoms with E-state index in [-0.39, 0.29) is 6.42 Å². The summed E-state index contributed by atoms with van der Waals surface area (Å²) < 4.78 is 5.20. The normalized spacial score (nSPS) is 9.62. The Morgan fingerprint density at radius 2 is 2.00 bits per heavy atom. The first-order valence-corrected chi connectivity index (χ1v) is 4.14. The summed E-state index contributed by atoms with van der Waals surface area (Å²) in [7, 11) is 0. The lowest BCUT2D eigenvalue weighted by atomic mass is 10.1. The van der Waals surface area contributed by atoms with Crippen molar-refractivity contribution >= 4 is 5.97 Å². The molecule has 0 amide bonds. The molecule has 70 valence electrons. The third-order valence-corrected chi connectivity index (χ3v) is 1.58. The first-order valence-electron chi connectivity index (χ1n) is 4.14. The van der Waals surface area contributed by atoms with Gasteiger partial charge in [0, 0.05) is 12.4 Å². The Balaban J connectivity index is 2.64. The van der Waals surface area contributed by atoms with E-state index in [0.717, 1.165) is 11.3 Å². The van der Waals surface area contributed by atoms with E-state index >= 15 is 0 Å². The molecule has 0 unspecified atom stereocenters. The van der Waals surface area contributed by atoms with E-state index < -0.39 is 5.97 Å². The summed E-state index contributed by atoms with van der Waals surface area (Å²) in [6, 6.07) is 6.95. The summed E-state index contributed by atoms with van der Waals surface area (Å²) in [5.74, 6) is -0.311. The van der Waals surface area contributed by atoms with Crippen LogP contribution in [-0.4, -0.2) is 12.6 Å². The number of carboxylic acids is 1. The molecule has 1 rings (SSSR count). The van der Waals surface area contributed by atoms with E-state index in [4.69, 9.17) is 4.74 Å². The molecular weight excluding hydrogens is 168 g/mol. The zero-order valence-electron chi connectivity index (χ0n) is 7.45. The predicted octanol–water partition coefficient (Wildman–Crippen LogP) is 0.378. The van der Waals surface area contributed by atoms with Crippen LogP contribution in [0.3, 0.4) is 0 Å². The highest BCUT2D eigenvalue weighted by atomic mass is 16.5. The number of carbonyl (C=O) groups excluding carboxylic acids is 1. The molecule has 0 aromatic heterocycles. The molecule has 13 heavy (non-hydrogen) atoms. The average molecular weight is 179 g/mol. The van der Waals surface area contributed by atoms with E-state index in [2.05, 4.69) is 0 Å². The molecule has 0 fully saturated rings. The van der Waals surface area contributed by atoms with Crippen molar-refractivity contribution in [2.75, 3.05) is 6.61 Å². The molecule has 0 bridgehead atoms. The quantitative estimate of drug-likeness (QED) is 0.671. The molecule has 0 N–H and O–H groups in total. The number of ether oxygens (including phenoxy) is 1. The molecule has 0 saturated heterocycles. The van der Waals surface area contributed by atoms with Gasteiger partial charge in [-0.15, -0.1) is 0 Å². The Hall–Kier alpha value is -1.51. The summed E-state index contributed by atoms with van der Waals surface area (Å²) >= 11 is 0. The SMILES string of the molecule is CCOc1ccc(CC(=O)[O-])cc1. The van der Waals surface area contributed by atoms with Crippen LogP contribution in [0, 0.1) is 0 Å². The van der Waals surface area contributed by atoms with Crippen molar-refractivity contribution in [3.8, 4) is 5.75 Å². The summed E-state index contributed by atoms with van der Waals surface area (Å²) in [6.45, 7) is 2.51. The monoisotopic (exact) mass is 179 g/mol. The van der Waals surface area contributed by atoms with Gasteiger partial charge in [-0.25, -0.2) is 0 Å². The molecule has 0 saturated carbocycles. The number of carboxylic acid groups (broad SMARTS) is 1. The lowest BCUT2D eigenvalue weighted by Gasteiger charge is -2.05. The van der Waals surface area contributed by atoms with Crippen LogP contribution < -0.4 is 9.84 Å². The topological polar surface area (TPSA) is 49.4 Å². The highest BCUT2D eigenvalue weighted by Gasteiger charge is 1.94. The van der Waals surface area contributed by atoms with Crippen LogP contribution >= 0.6 is 0 Å². The minimum absolute atomic E-state index is 0.0492. The van der Waals surface area contributed by atoms with Crippen molar-refractivity contribution in [3.05, 3.63) is 29.8 Å². The molecule has 0 aliphatic carbocycles. The zero-order chi connectivity index (χ0) is 9.68. The molecule has 0 heterocycles. The Morgan fingerprint density at radius 1 is 1.38 bits per heavy atom. The number of hydrogen-bond acceptors (Lipinski definition) is 3. The summed E-state index contributed by atoms with van der Waals surface area (Å²) in [5, 5.41) is 10.2. The number of hydrogen-bond donors (Lipinski definition) is 0.